The maximum atomic E-state index is 9.90. The van der Waals surface area contributed by atoms with Gasteiger partial charge in [-0.05, 0) is 26.7 Å². The van der Waals surface area contributed by atoms with Crippen LogP contribution in [0.25, 0.3) is 0 Å². The second-order valence-corrected chi connectivity index (χ2v) is 2.80. The summed E-state index contributed by atoms with van der Waals surface area (Å²) < 4.78 is 0. The van der Waals surface area contributed by atoms with E-state index < -0.39 is 5.60 Å². The second kappa shape index (κ2) is 7.17. The van der Waals surface area contributed by atoms with Crippen molar-refractivity contribution in [1.82, 2.24) is 0 Å². The molecule has 2 nitrogen and oxygen atoms in total. The van der Waals surface area contributed by atoms with E-state index in [0.717, 1.165) is 25.1 Å². The van der Waals surface area contributed by atoms with Crippen LogP contribution in [0.5, 0.6) is 0 Å². The van der Waals surface area contributed by atoms with Crippen LogP contribution in [0.3, 0.4) is 0 Å². The first kappa shape index (κ1) is 15.2. The molecule has 0 aromatic heterocycles. The van der Waals surface area contributed by atoms with E-state index >= 15 is 0 Å². The molecule has 0 unspecified atom stereocenters. The third kappa shape index (κ3) is 4.11. The zero-order chi connectivity index (χ0) is 8.91. The van der Waals surface area contributed by atoms with E-state index in [9.17, 15) is 5.11 Å². The molecule has 1 N–H and O–H groups in total. The minimum absolute atomic E-state index is 0. The summed E-state index contributed by atoms with van der Waals surface area (Å²) in [7, 11) is 0. The fourth-order valence-electron chi connectivity index (χ4n) is 1.15. The first-order chi connectivity index (χ1) is 5.10. The summed E-state index contributed by atoms with van der Waals surface area (Å²) in [4.78, 5) is 4.20. The molecule has 0 aliphatic carbocycles. The number of aliphatic hydroxyl groups is 1. The Bertz CT molecular complexity index is 141. The third-order valence-corrected chi connectivity index (χ3v) is 2.24. The van der Waals surface area contributed by atoms with Crippen LogP contribution in [-0.4, -0.2) is 23.0 Å². The van der Waals surface area contributed by atoms with Crippen molar-refractivity contribution in [3.8, 4) is 0 Å². The molecule has 0 amide bonds. The number of nitrogens with zero attached hydrogens (tertiary/aromatic N) is 1. The van der Waals surface area contributed by atoms with E-state index in [1.807, 2.05) is 27.7 Å². The molecule has 0 saturated heterocycles. The summed E-state index contributed by atoms with van der Waals surface area (Å²) >= 11 is 0. The van der Waals surface area contributed by atoms with Gasteiger partial charge in [0.2, 0.25) is 0 Å². The molecule has 0 heterocycles. The largest absolute Gasteiger partial charge is 0.384 e. The minimum Gasteiger partial charge on any atom is -0.384 e. The van der Waals surface area contributed by atoms with Crippen LogP contribution in [0.15, 0.2) is 4.99 Å². The molecule has 12 heavy (non-hydrogen) atoms. The Morgan fingerprint density at radius 1 is 1.25 bits per heavy atom. The quantitative estimate of drug-likeness (QED) is 0.756. The van der Waals surface area contributed by atoms with Gasteiger partial charge in [-0.25, -0.2) is 0 Å². The molecule has 0 bridgehead atoms. The Balaban J connectivity index is 0. The van der Waals surface area contributed by atoms with E-state index in [1.165, 1.54) is 0 Å². The topological polar surface area (TPSA) is 32.6 Å². The van der Waals surface area contributed by atoms with Crippen molar-refractivity contribution in [1.29, 1.82) is 0 Å². The molecular formula is C9H19NOY. The van der Waals surface area contributed by atoms with Crippen molar-refractivity contribution in [2.75, 3.05) is 6.54 Å². The van der Waals surface area contributed by atoms with Crippen molar-refractivity contribution in [2.24, 2.45) is 4.99 Å². The third-order valence-electron chi connectivity index (χ3n) is 2.24. The average Bonchev–Trinajstić information content (AvgIpc) is 2.03. The van der Waals surface area contributed by atoms with E-state index in [1.54, 1.807) is 0 Å². The van der Waals surface area contributed by atoms with E-state index in [2.05, 4.69) is 4.99 Å². The van der Waals surface area contributed by atoms with Gasteiger partial charge < -0.3 is 5.11 Å². The van der Waals surface area contributed by atoms with Crippen LogP contribution < -0.4 is 0 Å². The summed E-state index contributed by atoms with van der Waals surface area (Å²) in [6.07, 6.45) is 1.50. The fraction of sp³-hybridized carbons (Fsp3) is 0.889. The summed E-state index contributed by atoms with van der Waals surface area (Å²) in [6, 6.07) is 0. The molecular weight excluding hydrogens is 227 g/mol. The zero-order valence-electron chi connectivity index (χ0n) is 8.59. The van der Waals surface area contributed by atoms with Crippen LogP contribution in [0.2, 0.25) is 0 Å². The molecule has 0 aliphatic heterocycles. The Kier molecular flexibility index (Phi) is 9.09. The normalized spacial score (nSPS) is 12.6. The Morgan fingerprint density at radius 3 is 1.92 bits per heavy atom. The van der Waals surface area contributed by atoms with Crippen LogP contribution in [0.4, 0.5) is 0 Å². The summed E-state index contributed by atoms with van der Waals surface area (Å²) in [5, 5.41) is 9.90. The van der Waals surface area contributed by atoms with Crippen LogP contribution in [0.1, 0.15) is 40.5 Å². The van der Waals surface area contributed by atoms with Gasteiger partial charge in [0.05, 0.1) is 0 Å². The smallest absolute Gasteiger partial charge is 0.101 e. The minimum atomic E-state index is -0.657. The summed E-state index contributed by atoms with van der Waals surface area (Å²) in [5.41, 5.74) is 0.209. The van der Waals surface area contributed by atoms with Crippen LogP contribution >= 0.6 is 0 Å². The molecule has 0 saturated carbocycles. The van der Waals surface area contributed by atoms with Gasteiger partial charge in [-0.15, -0.1) is 0 Å². The Hall–Kier alpha value is 0.734. The summed E-state index contributed by atoms with van der Waals surface area (Å²) in [6.45, 7) is 8.61. The van der Waals surface area contributed by atoms with Gasteiger partial charge in [0.1, 0.15) is 5.60 Å². The van der Waals surface area contributed by atoms with Gasteiger partial charge in [0.25, 0.3) is 0 Å². The first-order valence-electron chi connectivity index (χ1n) is 4.34. The number of rotatable bonds is 4. The number of hydrogen-bond donors (Lipinski definition) is 1. The molecule has 3 heteroatoms. The summed E-state index contributed by atoms with van der Waals surface area (Å²) in [5.74, 6) is 0. The standard InChI is InChI=1S/C9H19NO.Y/c1-5-9(11,6-2)8(4)10-7-3;/h11H,5-7H2,1-4H3;. The molecule has 0 aliphatic rings. The van der Waals surface area contributed by atoms with Crippen molar-refractivity contribution >= 4 is 5.71 Å². The molecule has 69 valence electrons. The van der Waals surface area contributed by atoms with Crippen LogP contribution in [0, 0.1) is 0 Å². The molecule has 0 spiro atoms. The fourth-order valence-corrected chi connectivity index (χ4v) is 1.15. The molecule has 1 radical (unpaired) electrons. The van der Waals surface area contributed by atoms with Gasteiger partial charge >= 0.3 is 0 Å². The van der Waals surface area contributed by atoms with Crippen molar-refractivity contribution in [2.45, 2.75) is 46.1 Å². The maximum Gasteiger partial charge on any atom is 0.101 e. The van der Waals surface area contributed by atoms with Gasteiger partial charge in [0, 0.05) is 45.0 Å². The first-order valence-corrected chi connectivity index (χ1v) is 4.34. The van der Waals surface area contributed by atoms with Gasteiger partial charge in [-0.2, -0.15) is 0 Å². The van der Waals surface area contributed by atoms with Gasteiger partial charge in [0.15, 0.2) is 0 Å². The van der Waals surface area contributed by atoms with E-state index in [0.29, 0.717) is 0 Å². The van der Waals surface area contributed by atoms with Crippen molar-refractivity contribution in [3.63, 3.8) is 0 Å². The predicted octanol–water partition coefficient (Wildman–Crippen LogP) is 2.02. The second-order valence-electron chi connectivity index (χ2n) is 2.80. The van der Waals surface area contributed by atoms with Crippen molar-refractivity contribution in [3.05, 3.63) is 0 Å². The van der Waals surface area contributed by atoms with Gasteiger partial charge in [-0.3, -0.25) is 4.99 Å². The molecule has 0 aromatic rings. The molecule has 0 rings (SSSR count). The molecule has 0 fully saturated rings. The van der Waals surface area contributed by atoms with Crippen LogP contribution in [-0.2, 0) is 32.7 Å². The SMILES string of the molecule is CCN=C(C)C(O)(CC)CC.[Y]. The zero-order valence-corrected chi connectivity index (χ0v) is 11.4. The maximum absolute atomic E-state index is 9.90. The molecule has 0 atom stereocenters. The number of hydrogen-bond acceptors (Lipinski definition) is 2. The van der Waals surface area contributed by atoms with E-state index in [-0.39, 0.29) is 32.7 Å². The Morgan fingerprint density at radius 2 is 1.67 bits per heavy atom. The number of aliphatic imine (C=N–C) groups is 1. The monoisotopic (exact) mass is 246 g/mol. The Labute approximate surface area is 101 Å². The van der Waals surface area contributed by atoms with E-state index in [4.69, 9.17) is 0 Å². The molecule has 0 aromatic carbocycles. The van der Waals surface area contributed by atoms with Gasteiger partial charge in [-0.1, -0.05) is 13.8 Å². The van der Waals surface area contributed by atoms with Crippen molar-refractivity contribution < 1.29 is 37.8 Å². The predicted molar refractivity (Wildman–Crippen MR) is 49.2 cm³/mol. The average molecular weight is 246 g/mol.